The van der Waals surface area contributed by atoms with Crippen molar-refractivity contribution in [2.24, 2.45) is 0 Å². The molecule has 8 heteroatoms. The van der Waals surface area contributed by atoms with Crippen molar-refractivity contribution in [2.45, 2.75) is 24.8 Å². The number of nitrogens with zero attached hydrogens (tertiary/aromatic N) is 1. The summed E-state index contributed by atoms with van der Waals surface area (Å²) in [5.41, 5.74) is 2.81. The number of benzene rings is 3. The highest BCUT2D eigenvalue weighted by molar-refractivity contribution is 7.99. The van der Waals surface area contributed by atoms with Gasteiger partial charge in [0.1, 0.15) is 6.04 Å². The van der Waals surface area contributed by atoms with Gasteiger partial charge in [0, 0.05) is 30.8 Å². The van der Waals surface area contributed by atoms with Gasteiger partial charge in [-0.2, -0.15) is 0 Å². The molecule has 4 nitrogen and oxygen atoms in total. The van der Waals surface area contributed by atoms with Gasteiger partial charge in [0.05, 0.1) is 15.8 Å². The molecule has 3 rings (SSSR count). The van der Waals surface area contributed by atoms with Crippen LogP contribution in [0.5, 0.6) is 0 Å². The molecule has 0 bridgehead atoms. The zero-order chi connectivity index (χ0) is 24.5. The predicted molar refractivity (Wildman–Crippen MR) is 143 cm³/mol. The van der Waals surface area contributed by atoms with Gasteiger partial charge in [-0.05, 0) is 41.0 Å². The minimum absolute atomic E-state index is 0.130. The summed E-state index contributed by atoms with van der Waals surface area (Å²) in [4.78, 5) is 28.0. The van der Waals surface area contributed by atoms with Crippen molar-refractivity contribution in [2.75, 3.05) is 12.8 Å². The van der Waals surface area contributed by atoms with Gasteiger partial charge in [-0.3, -0.25) is 9.59 Å². The van der Waals surface area contributed by atoms with E-state index in [0.717, 1.165) is 16.7 Å². The zero-order valence-electron chi connectivity index (χ0n) is 18.6. The van der Waals surface area contributed by atoms with E-state index in [-0.39, 0.29) is 24.1 Å². The van der Waals surface area contributed by atoms with E-state index in [0.29, 0.717) is 27.2 Å². The highest BCUT2D eigenvalue weighted by Crippen LogP contribution is 2.25. The summed E-state index contributed by atoms with van der Waals surface area (Å²) in [5.74, 6) is 0.461. The molecule has 0 aliphatic rings. The third kappa shape index (κ3) is 7.67. The van der Waals surface area contributed by atoms with Crippen molar-refractivity contribution < 1.29 is 9.59 Å². The monoisotopic (exact) mass is 534 g/mol. The maximum Gasteiger partial charge on any atom is 0.242 e. The van der Waals surface area contributed by atoms with E-state index in [4.69, 9.17) is 34.8 Å². The maximum atomic E-state index is 13.4. The Labute approximate surface area is 219 Å². The van der Waals surface area contributed by atoms with Crippen LogP contribution in [-0.2, 0) is 28.3 Å². The molecule has 3 aromatic rings. The molecule has 0 fully saturated rings. The first-order chi connectivity index (χ1) is 16.4. The number of hydrogen-bond acceptors (Lipinski definition) is 3. The van der Waals surface area contributed by atoms with Crippen molar-refractivity contribution in [3.8, 4) is 0 Å². The molecule has 178 valence electrons. The predicted octanol–water partition coefficient (Wildman–Crippen LogP) is 6.27. The number of carbonyl (C=O) groups is 2. The second kappa shape index (κ2) is 13.1. The fraction of sp³-hybridized carbons (Fsp3) is 0.231. The second-order valence-electron chi connectivity index (χ2n) is 7.71. The maximum absolute atomic E-state index is 13.4. The molecule has 1 atom stereocenters. The number of carbonyl (C=O) groups excluding carboxylic acids is 2. The highest BCUT2D eigenvalue weighted by Gasteiger charge is 2.29. The van der Waals surface area contributed by atoms with Gasteiger partial charge in [-0.1, -0.05) is 83.3 Å². The fourth-order valence-corrected chi connectivity index (χ4v) is 4.91. The van der Waals surface area contributed by atoms with Gasteiger partial charge in [0.15, 0.2) is 0 Å². The van der Waals surface area contributed by atoms with E-state index in [9.17, 15) is 9.59 Å². The van der Waals surface area contributed by atoms with Gasteiger partial charge in [0.25, 0.3) is 0 Å². The molecule has 0 aromatic heterocycles. The molecule has 34 heavy (non-hydrogen) atoms. The first-order valence-electron chi connectivity index (χ1n) is 10.7. The normalized spacial score (nSPS) is 11.6. The minimum Gasteiger partial charge on any atom is -0.357 e. The van der Waals surface area contributed by atoms with Crippen molar-refractivity contribution in [3.63, 3.8) is 0 Å². The second-order valence-corrected chi connectivity index (χ2v) is 9.95. The highest BCUT2D eigenvalue weighted by atomic mass is 35.5. The molecular formula is C26H25Cl3N2O2S. The molecule has 2 amide bonds. The third-order valence-corrected chi connectivity index (χ3v) is 7.20. The van der Waals surface area contributed by atoms with Crippen molar-refractivity contribution in [3.05, 3.63) is 105 Å². The fourth-order valence-electron chi connectivity index (χ4n) is 3.52. The summed E-state index contributed by atoms with van der Waals surface area (Å²) in [6.07, 6.45) is 0.407. The van der Waals surface area contributed by atoms with Gasteiger partial charge >= 0.3 is 0 Å². The Balaban J connectivity index is 1.80. The molecule has 0 saturated heterocycles. The molecule has 1 unspecified atom stereocenters. The third-order valence-electron chi connectivity index (χ3n) is 5.24. The summed E-state index contributed by atoms with van der Waals surface area (Å²) < 4.78 is 0. The Bertz CT molecular complexity index is 1130. The topological polar surface area (TPSA) is 49.4 Å². The van der Waals surface area contributed by atoms with Crippen LogP contribution in [0.15, 0.2) is 72.8 Å². The van der Waals surface area contributed by atoms with Crippen LogP contribution in [0.2, 0.25) is 15.1 Å². The van der Waals surface area contributed by atoms with Gasteiger partial charge in [0.2, 0.25) is 11.8 Å². The van der Waals surface area contributed by atoms with E-state index >= 15 is 0 Å². The van der Waals surface area contributed by atoms with Crippen LogP contribution in [-0.4, -0.2) is 35.6 Å². The van der Waals surface area contributed by atoms with E-state index in [1.165, 1.54) is 11.8 Å². The minimum atomic E-state index is -0.663. The average molecular weight is 536 g/mol. The van der Waals surface area contributed by atoms with Crippen molar-refractivity contribution in [1.29, 1.82) is 0 Å². The smallest absolute Gasteiger partial charge is 0.242 e. The first kappa shape index (κ1) is 26.4. The summed E-state index contributed by atoms with van der Waals surface area (Å²) in [5, 5.41) is 4.28. The first-order valence-corrected chi connectivity index (χ1v) is 13.0. The van der Waals surface area contributed by atoms with Crippen LogP contribution in [0.3, 0.4) is 0 Å². The van der Waals surface area contributed by atoms with Crippen LogP contribution in [0, 0.1) is 0 Å². The molecular weight excluding hydrogens is 511 g/mol. The Morgan fingerprint density at radius 1 is 0.882 bits per heavy atom. The van der Waals surface area contributed by atoms with Crippen LogP contribution in [0.25, 0.3) is 0 Å². The zero-order valence-corrected chi connectivity index (χ0v) is 21.7. The van der Waals surface area contributed by atoms with Gasteiger partial charge in [-0.25, -0.2) is 0 Å². The van der Waals surface area contributed by atoms with Crippen LogP contribution >= 0.6 is 46.6 Å². The molecule has 3 aromatic carbocycles. The number of thioether (sulfide) groups is 1. The Morgan fingerprint density at radius 3 is 2.29 bits per heavy atom. The molecule has 1 N–H and O–H groups in total. The summed E-state index contributed by atoms with van der Waals surface area (Å²) in [6, 6.07) is 21.8. The number of likely N-dealkylation sites (N-methyl/N-ethyl adjacent to an activating group) is 1. The lowest BCUT2D eigenvalue weighted by molar-refractivity contribution is -0.139. The van der Waals surface area contributed by atoms with E-state index in [1.54, 1.807) is 30.1 Å². The van der Waals surface area contributed by atoms with Crippen LogP contribution in [0.4, 0.5) is 0 Å². The summed E-state index contributed by atoms with van der Waals surface area (Å²) in [6.45, 7) is 0.275. The molecule has 0 aliphatic heterocycles. The summed E-state index contributed by atoms with van der Waals surface area (Å²) >= 11 is 19.7. The summed E-state index contributed by atoms with van der Waals surface area (Å²) in [7, 11) is 1.58. The lowest BCUT2D eigenvalue weighted by Crippen LogP contribution is -2.50. The van der Waals surface area contributed by atoms with Crippen molar-refractivity contribution >= 4 is 58.4 Å². The number of nitrogens with one attached hydrogen (secondary N) is 1. The van der Waals surface area contributed by atoms with Crippen LogP contribution < -0.4 is 5.32 Å². The Kier molecular flexibility index (Phi) is 10.1. The van der Waals surface area contributed by atoms with Crippen molar-refractivity contribution in [1.82, 2.24) is 10.2 Å². The average Bonchev–Trinajstić information content (AvgIpc) is 2.83. The quantitative estimate of drug-likeness (QED) is 0.333. The lowest BCUT2D eigenvalue weighted by atomic mass is 10.0. The van der Waals surface area contributed by atoms with Gasteiger partial charge in [-0.15, -0.1) is 11.8 Å². The standard InChI is InChI=1S/C26H25Cl3N2O2S/c1-30-26(33)24(14-18-6-3-2-4-7-18)31(15-19-8-5-9-21(27)12-19)25(32)17-34-16-20-10-11-22(28)23(29)13-20/h2-13,24H,14-17H2,1H3,(H,30,33). The van der Waals surface area contributed by atoms with Crippen LogP contribution in [0.1, 0.15) is 16.7 Å². The number of hydrogen-bond donors (Lipinski definition) is 1. The van der Waals surface area contributed by atoms with E-state index in [2.05, 4.69) is 5.32 Å². The molecule has 0 saturated carbocycles. The number of halogens is 3. The van der Waals surface area contributed by atoms with E-state index in [1.807, 2.05) is 54.6 Å². The molecule has 0 radical (unpaired) electrons. The lowest BCUT2D eigenvalue weighted by Gasteiger charge is -2.31. The Hall–Kier alpha value is -2.18. The molecule has 0 aliphatic carbocycles. The largest absolute Gasteiger partial charge is 0.357 e. The van der Waals surface area contributed by atoms with Gasteiger partial charge < -0.3 is 10.2 Å². The number of rotatable bonds is 10. The molecule has 0 spiro atoms. The molecule has 0 heterocycles. The SMILES string of the molecule is CNC(=O)C(Cc1ccccc1)N(Cc1cccc(Cl)c1)C(=O)CSCc1ccc(Cl)c(Cl)c1. The Morgan fingerprint density at radius 2 is 1.62 bits per heavy atom. The number of amides is 2. The van der Waals surface area contributed by atoms with E-state index < -0.39 is 6.04 Å².